The molecule has 0 bridgehead atoms. The van der Waals surface area contributed by atoms with Crippen LogP contribution in [0.5, 0.6) is 0 Å². The number of nitrogen functional groups attached to an aromatic ring is 1. The molecule has 0 heterocycles. The minimum Gasteiger partial charge on any atom is -0.467 e. The van der Waals surface area contributed by atoms with Crippen LogP contribution in [0.25, 0.3) is 0 Å². The number of ether oxygens (including phenoxy) is 2. The quantitative estimate of drug-likeness (QED) is 0.614. The van der Waals surface area contributed by atoms with Gasteiger partial charge >= 0.3 is 11.9 Å². The molecular weight excluding hydrogens is 236 g/mol. The van der Waals surface area contributed by atoms with Gasteiger partial charge in [0.1, 0.15) is 6.04 Å². The van der Waals surface area contributed by atoms with Crippen molar-refractivity contribution in [3.05, 3.63) is 23.8 Å². The average molecular weight is 252 g/mol. The molecule has 0 aromatic heterocycles. The van der Waals surface area contributed by atoms with Gasteiger partial charge in [0.05, 0.1) is 31.2 Å². The van der Waals surface area contributed by atoms with Crippen molar-refractivity contribution in [2.24, 2.45) is 0 Å². The SMILES string of the molecule is COC(=O)c1ccc(N)c(NC(C)C(=O)OC)c1. The Bertz CT molecular complexity index is 459. The van der Waals surface area contributed by atoms with Gasteiger partial charge in [0.25, 0.3) is 0 Å². The smallest absolute Gasteiger partial charge is 0.337 e. The van der Waals surface area contributed by atoms with Crippen molar-refractivity contribution in [2.45, 2.75) is 13.0 Å². The lowest BCUT2D eigenvalue weighted by atomic mass is 10.1. The summed E-state index contributed by atoms with van der Waals surface area (Å²) in [5.74, 6) is -0.887. The van der Waals surface area contributed by atoms with Gasteiger partial charge in [-0.1, -0.05) is 0 Å². The minimum absolute atomic E-state index is 0.353. The van der Waals surface area contributed by atoms with E-state index in [9.17, 15) is 9.59 Å². The zero-order chi connectivity index (χ0) is 13.7. The standard InChI is InChI=1S/C12H16N2O4/c1-7(11(15)17-2)14-10-6-8(12(16)18-3)4-5-9(10)13/h4-7,14H,13H2,1-3H3. The van der Waals surface area contributed by atoms with Gasteiger partial charge in [0, 0.05) is 0 Å². The van der Waals surface area contributed by atoms with Gasteiger partial charge in [-0.15, -0.1) is 0 Å². The summed E-state index contributed by atoms with van der Waals surface area (Å²) in [5.41, 5.74) is 7.02. The molecule has 98 valence electrons. The lowest BCUT2D eigenvalue weighted by Gasteiger charge is -2.15. The zero-order valence-corrected chi connectivity index (χ0v) is 10.5. The molecule has 3 N–H and O–H groups in total. The fourth-order valence-corrected chi connectivity index (χ4v) is 1.40. The van der Waals surface area contributed by atoms with Crippen molar-refractivity contribution in [1.82, 2.24) is 0 Å². The highest BCUT2D eigenvalue weighted by Gasteiger charge is 2.15. The third-order valence-corrected chi connectivity index (χ3v) is 2.40. The Hall–Kier alpha value is -2.24. The van der Waals surface area contributed by atoms with E-state index in [4.69, 9.17) is 5.73 Å². The Kier molecular flexibility index (Phi) is 4.53. The third-order valence-electron chi connectivity index (χ3n) is 2.40. The van der Waals surface area contributed by atoms with Crippen molar-refractivity contribution in [3.63, 3.8) is 0 Å². The summed E-state index contributed by atoms with van der Waals surface area (Å²) < 4.78 is 9.19. The van der Waals surface area contributed by atoms with Crippen LogP contribution in [0.15, 0.2) is 18.2 Å². The highest BCUT2D eigenvalue weighted by molar-refractivity contribution is 5.92. The summed E-state index contributed by atoms with van der Waals surface area (Å²) in [6, 6.07) is 4.08. The molecule has 1 unspecified atom stereocenters. The molecule has 0 spiro atoms. The Balaban J connectivity index is 2.94. The summed E-state index contributed by atoms with van der Waals surface area (Å²) >= 11 is 0. The van der Waals surface area contributed by atoms with Crippen LogP contribution >= 0.6 is 0 Å². The monoisotopic (exact) mass is 252 g/mol. The van der Waals surface area contributed by atoms with Crippen molar-refractivity contribution in [2.75, 3.05) is 25.3 Å². The predicted molar refractivity (Wildman–Crippen MR) is 67.3 cm³/mol. The molecule has 18 heavy (non-hydrogen) atoms. The number of benzene rings is 1. The number of carbonyl (C=O) groups is 2. The van der Waals surface area contributed by atoms with Crippen LogP contribution in [-0.4, -0.2) is 32.2 Å². The van der Waals surface area contributed by atoms with E-state index in [1.165, 1.54) is 20.3 Å². The highest BCUT2D eigenvalue weighted by Crippen LogP contribution is 2.21. The maximum Gasteiger partial charge on any atom is 0.337 e. The molecule has 0 aliphatic rings. The van der Waals surface area contributed by atoms with Gasteiger partial charge in [-0.3, -0.25) is 0 Å². The third kappa shape index (κ3) is 3.13. The lowest BCUT2D eigenvalue weighted by Crippen LogP contribution is -2.27. The van der Waals surface area contributed by atoms with E-state index in [0.29, 0.717) is 16.9 Å². The van der Waals surface area contributed by atoms with Crippen molar-refractivity contribution in [3.8, 4) is 0 Å². The molecule has 0 fully saturated rings. The Morgan fingerprint density at radius 3 is 2.50 bits per heavy atom. The lowest BCUT2D eigenvalue weighted by molar-refractivity contribution is -0.141. The molecule has 1 atom stereocenters. The van der Waals surface area contributed by atoms with Crippen LogP contribution < -0.4 is 11.1 Å². The van der Waals surface area contributed by atoms with E-state index in [1.54, 1.807) is 19.1 Å². The first-order valence-electron chi connectivity index (χ1n) is 5.31. The topological polar surface area (TPSA) is 90.6 Å². The van der Waals surface area contributed by atoms with E-state index < -0.39 is 18.0 Å². The summed E-state index contributed by atoms with van der Waals surface area (Å²) in [6.45, 7) is 1.64. The molecule has 0 amide bonds. The number of nitrogens with two attached hydrogens (primary N) is 1. The van der Waals surface area contributed by atoms with Gasteiger partial charge in [0.15, 0.2) is 0 Å². The maximum absolute atomic E-state index is 11.4. The number of anilines is 2. The van der Waals surface area contributed by atoms with Crippen LogP contribution in [0.1, 0.15) is 17.3 Å². The molecule has 0 saturated carbocycles. The van der Waals surface area contributed by atoms with E-state index in [-0.39, 0.29) is 0 Å². The number of hydrogen-bond donors (Lipinski definition) is 2. The fourth-order valence-electron chi connectivity index (χ4n) is 1.40. The highest BCUT2D eigenvalue weighted by atomic mass is 16.5. The van der Waals surface area contributed by atoms with E-state index >= 15 is 0 Å². The van der Waals surface area contributed by atoms with Crippen LogP contribution in [-0.2, 0) is 14.3 Å². The van der Waals surface area contributed by atoms with Gasteiger partial charge in [-0.2, -0.15) is 0 Å². The van der Waals surface area contributed by atoms with E-state index in [1.807, 2.05) is 0 Å². The van der Waals surface area contributed by atoms with Crippen molar-refractivity contribution >= 4 is 23.3 Å². The Morgan fingerprint density at radius 2 is 1.94 bits per heavy atom. The van der Waals surface area contributed by atoms with E-state index in [2.05, 4.69) is 14.8 Å². The summed E-state index contributed by atoms with van der Waals surface area (Å²) in [5, 5.41) is 2.87. The fraction of sp³-hybridized carbons (Fsp3) is 0.333. The minimum atomic E-state index is -0.565. The first kappa shape index (κ1) is 13.8. The maximum atomic E-state index is 11.4. The van der Waals surface area contributed by atoms with Crippen molar-refractivity contribution < 1.29 is 19.1 Å². The second-order valence-corrected chi connectivity index (χ2v) is 3.68. The second kappa shape index (κ2) is 5.90. The van der Waals surface area contributed by atoms with Gasteiger partial charge in [0.2, 0.25) is 0 Å². The Labute approximate surface area is 105 Å². The first-order chi connectivity index (χ1) is 8.49. The normalized spacial score (nSPS) is 11.5. The van der Waals surface area contributed by atoms with Crippen LogP contribution in [0.3, 0.4) is 0 Å². The van der Waals surface area contributed by atoms with E-state index in [0.717, 1.165) is 0 Å². The number of methoxy groups -OCH3 is 2. The van der Waals surface area contributed by atoms with Gasteiger partial charge in [-0.05, 0) is 25.1 Å². The number of esters is 2. The van der Waals surface area contributed by atoms with Crippen molar-refractivity contribution in [1.29, 1.82) is 0 Å². The Morgan fingerprint density at radius 1 is 1.28 bits per heavy atom. The molecule has 1 aromatic carbocycles. The number of nitrogens with one attached hydrogen (secondary N) is 1. The molecule has 1 rings (SSSR count). The number of rotatable bonds is 4. The first-order valence-corrected chi connectivity index (χ1v) is 5.31. The van der Waals surface area contributed by atoms with Gasteiger partial charge in [-0.25, -0.2) is 9.59 Å². The summed E-state index contributed by atoms with van der Waals surface area (Å²) in [4.78, 5) is 22.7. The zero-order valence-electron chi connectivity index (χ0n) is 10.5. The van der Waals surface area contributed by atoms with Crippen LogP contribution in [0, 0.1) is 0 Å². The summed E-state index contributed by atoms with van der Waals surface area (Å²) in [7, 11) is 2.59. The molecule has 0 saturated heterocycles. The molecule has 0 radical (unpaired) electrons. The summed E-state index contributed by atoms with van der Waals surface area (Å²) in [6.07, 6.45) is 0. The molecule has 1 aromatic rings. The second-order valence-electron chi connectivity index (χ2n) is 3.68. The molecule has 6 nitrogen and oxygen atoms in total. The molecule has 0 aliphatic carbocycles. The number of hydrogen-bond acceptors (Lipinski definition) is 6. The van der Waals surface area contributed by atoms with Crippen LogP contribution in [0.4, 0.5) is 11.4 Å². The largest absolute Gasteiger partial charge is 0.467 e. The average Bonchev–Trinajstić information content (AvgIpc) is 2.39. The van der Waals surface area contributed by atoms with Crippen LogP contribution in [0.2, 0.25) is 0 Å². The molecule has 6 heteroatoms. The molecular formula is C12H16N2O4. The predicted octanol–water partition coefficient (Wildman–Crippen LogP) is 1.03. The van der Waals surface area contributed by atoms with Gasteiger partial charge < -0.3 is 20.5 Å². The molecule has 0 aliphatic heterocycles. The number of carbonyl (C=O) groups excluding carboxylic acids is 2.